The Morgan fingerprint density at radius 1 is 1.35 bits per heavy atom. The van der Waals surface area contributed by atoms with Crippen LogP contribution in [-0.4, -0.2) is 11.9 Å². The fourth-order valence-corrected chi connectivity index (χ4v) is 2.02. The van der Waals surface area contributed by atoms with E-state index in [1.807, 2.05) is 0 Å². The van der Waals surface area contributed by atoms with Crippen LogP contribution in [-0.2, 0) is 11.2 Å². The van der Waals surface area contributed by atoms with E-state index in [4.69, 9.17) is 0 Å². The maximum Gasteiger partial charge on any atom is 0.224 e. The largest absolute Gasteiger partial charge is 0.353 e. The van der Waals surface area contributed by atoms with Gasteiger partial charge >= 0.3 is 0 Å². The summed E-state index contributed by atoms with van der Waals surface area (Å²) in [6, 6.07) is 2.31. The molecular weight excluding hydrogens is 292 g/mol. The number of nitrogens with one attached hydrogen (secondary N) is 1. The first-order valence-electron chi connectivity index (χ1n) is 5.49. The SMILES string of the molecule is O=C(Cc1cc(F)c(Br)cc1F)NC1CCC1. The number of benzene rings is 1. The summed E-state index contributed by atoms with van der Waals surface area (Å²) in [5.74, 6) is -1.38. The number of carbonyl (C=O) groups is 1. The smallest absolute Gasteiger partial charge is 0.224 e. The van der Waals surface area contributed by atoms with Crippen molar-refractivity contribution in [1.29, 1.82) is 0 Å². The van der Waals surface area contributed by atoms with E-state index in [0.717, 1.165) is 31.4 Å². The third kappa shape index (κ3) is 3.03. The molecule has 2 rings (SSSR count). The Bertz CT molecular complexity index is 446. The van der Waals surface area contributed by atoms with Crippen LogP contribution in [0.15, 0.2) is 16.6 Å². The van der Waals surface area contributed by atoms with Gasteiger partial charge in [-0.2, -0.15) is 0 Å². The van der Waals surface area contributed by atoms with Crippen LogP contribution < -0.4 is 5.32 Å². The highest BCUT2D eigenvalue weighted by atomic mass is 79.9. The number of amides is 1. The molecule has 1 aromatic rings. The van der Waals surface area contributed by atoms with Gasteiger partial charge in [-0.15, -0.1) is 0 Å². The molecule has 1 N–H and O–H groups in total. The first-order chi connectivity index (χ1) is 8.06. The number of halogens is 3. The van der Waals surface area contributed by atoms with Crippen LogP contribution in [0, 0.1) is 11.6 Å². The molecule has 1 saturated carbocycles. The molecule has 0 aromatic heterocycles. The van der Waals surface area contributed by atoms with Gasteiger partial charge in [-0.25, -0.2) is 8.78 Å². The molecular formula is C12H12BrF2NO. The van der Waals surface area contributed by atoms with Crippen LogP contribution in [0.5, 0.6) is 0 Å². The van der Waals surface area contributed by atoms with Gasteiger partial charge in [0.2, 0.25) is 5.91 Å². The van der Waals surface area contributed by atoms with Crippen molar-refractivity contribution in [2.24, 2.45) is 0 Å². The van der Waals surface area contributed by atoms with Crippen molar-refractivity contribution in [3.63, 3.8) is 0 Å². The number of hydrogen-bond donors (Lipinski definition) is 1. The second kappa shape index (κ2) is 5.12. The fourth-order valence-electron chi connectivity index (χ4n) is 1.70. The van der Waals surface area contributed by atoms with E-state index in [1.54, 1.807) is 0 Å². The minimum Gasteiger partial charge on any atom is -0.353 e. The summed E-state index contributed by atoms with van der Waals surface area (Å²) in [5.41, 5.74) is 0.0857. The summed E-state index contributed by atoms with van der Waals surface area (Å²) in [4.78, 5) is 11.6. The zero-order chi connectivity index (χ0) is 12.4. The molecule has 0 spiro atoms. The number of hydrogen-bond acceptors (Lipinski definition) is 1. The fraction of sp³-hybridized carbons (Fsp3) is 0.417. The van der Waals surface area contributed by atoms with Gasteiger partial charge in [-0.3, -0.25) is 4.79 Å². The van der Waals surface area contributed by atoms with Crippen molar-refractivity contribution in [3.8, 4) is 0 Å². The minimum absolute atomic E-state index is 0.0677. The van der Waals surface area contributed by atoms with Gasteiger partial charge < -0.3 is 5.32 Å². The standard InChI is InChI=1S/C12H12BrF2NO/c13-9-6-10(14)7(4-11(9)15)5-12(17)16-8-2-1-3-8/h4,6,8H,1-3,5H2,(H,16,17). The van der Waals surface area contributed by atoms with Crippen LogP contribution in [0.4, 0.5) is 8.78 Å². The van der Waals surface area contributed by atoms with Crippen molar-refractivity contribution >= 4 is 21.8 Å². The quantitative estimate of drug-likeness (QED) is 0.855. The molecule has 1 amide bonds. The van der Waals surface area contributed by atoms with Crippen LogP contribution >= 0.6 is 15.9 Å². The Labute approximate surface area is 107 Å². The molecule has 2 nitrogen and oxygen atoms in total. The molecule has 92 valence electrons. The average molecular weight is 304 g/mol. The molecule has 0 bridgehead atoms. The Balaban J connectivity index is 2.02. The molecule has 1 aromatic carbocycles. The molecule has 0 heterocycles. The van der Waals surface area contributed by atoms with Gasteiger partial charge in [-0.1, -0.05) is 0 Å². The predicted octanol–water partition coefficient (Wildman–Crippen LogP) is 2.94. The maximum atomic E-state index is 13.4. The van der Waals surface area contributed by atoms with Gasteiger partial charge in [0.15, 0.2) is 0 Å². The Morgan fingerprint density at radius 2 is 2.06 bits per heavy atom. The number of rotatable bonds is 3. The topological polar surface area (TPSA) is 29.1 Å². The zero-order valence-electron chi connectivity index (χ0n) is 9.10. The van der Waals surface area contributed by atoms with Crippen molar-refractivity contribution in [1.82, 2.24) is 5.32 Å². The second-order valence-corrected chi connectivity index (χ2v) is 5.08. The number of carbonyl (C=O) groups excluding carboxylic acids is 1. The first-order valence-corrected chi connectivity index (χ1v) is 6.28. The van der Waals surface area contributed by atoms with Gasteiger partial charge in [0.05, 0.1) is 10.9 Å². The molecule has 5 heteroatoms. The third-order valence-corrected chi connectivity index (χ3v) is 3.52. The molecule has 0 aliphatic heterocycles. The first kappa shape index (κ1) is 12.5. The summed E-state index contributed by atoms with van der Waals surface area (Å²) < 4.78 is 26.7. The van der Waals surface area contributed by atoms with Gasteiger partial charge in [0, 0.05) is 11.6 Å². The van der Waals surface area contributed by atoms with E-state index in [-0.39, 0.29) is 28.4 Å². The molecule has 0 unspecified atom stereocenters. The van der Waals surface area contributed by atoms with E-state index in [2.05, 4.69) is 21.2 Å². The molecule has 0 radical (unpaired) electrons. The van der Waals surface area contributed by atoms with Crippen molar-refractivity contribution in [3.05, 3.63) is 33.8 Å². The molecule has 1 fully saturated rings. The highest BCUT2D eigenvalue weighted by molar-refractivity contribution is 9.10. The second-order valence-electron chi connectivity index (χ2n) is 4.23. The third-order valence-electron chi connectivity index (χ3n) is 2.91. The average Bonchev–Trinajstić information content (AvgIpc) is 2.20. The Kier molecular flexibility index (Phi) is 3.76. The monoisotopic (exact) mass is 303 g/mol. The van der Waals surface area contributed by atoms with Gasteiger partial charge in [0.1, 0.15) is 11.6 Å². The van der Waals surface area contributed by atoms with E-state index in [1.165, 1.54) is 0 Å². The lowest BCUT2D eigenvalue weighted by Crippen LogP contribution is -2.40. The summed E-state index contributed by atoms with van der Waals surface area (Å²) in [7, 11) is 0. The predicted molar refractivity (Wildman–Crippen MR) is 63.5 cm³/mol. The highest BCUT2D eigenvalue weighted by Gasteiger charge is 2.20. The van der Waals surface area contributed by atoms with Gasteiger partial charge in [0.25, 0.3) is 0 Å². The molecule has 1 aliphatic carbocycles. The lowest BCUT2D eigenvalue weighted by molar-refractivity contribution is -0.121. The molecule has 1 aliphatic rings. The van der Waals surface area contributed by atoms with Crippen LogP contribution in [0.25, 0.3) is 0 Å². The van der Waals surface area contributed by atoms with E-state index in [9.17, 15) is 13.6 Å². The van der Waals surface area contributed by atoms with Crippen molar-refractivity contribution in [2.45, 2.75) is 31.7 Å². The minimum atomic E-state index is -0.568. The van der Waals surface area contributed by atoms with Crippen molar-refractivity contribution < 1.29 is 13.6 Å². The summed E-state index contributed by atoms with van der Waals surface area (Å²) in [6.07, 6.45) is 2.95. The van der Waals surface area contributed by atoms with Crippen LogP contribution in [0.3, 0.4) is 0 Å². The van der Waals surface area contributed by atoms with Crippen LogP contribution in [0.2, 0.25) is 0 Å². The Hall–Kier alpha value is -0.970. The van der Waals surface area contributed by atoms with E-state index < -0.39 is 11.6 Å². The molecule has 0 saturated heterocycles. The molecule has 17 heavy (non-hydrogen) atoms. The maximum absolute atomic E-state index is 13.4. The lowest BCUT2D eigenvalue weighted by atomic mass is 9.93. The van der Waals surface area contributed by atoms with Crippen molar-refractivity contribution in [2.75, 3.05) is 0 Å². The highest BCUT2D eigenvalue weighted by Crippen LogP contribution is 2.21. The summed E-state index contributed by atoms with van der Waals surface area (Å²) in [6.45, 7) is 0. The Morgan fingerprint density at radius 3 is 2.65 bits per heavy atom. The van der Waals surface area contributed by atoms with Crippen LogP contribution in [0.1, 0.15) is 24.8 Å². The van der Waals surface area contributed by atoms with E-state index >= 15 is 0 Å². The zero-order valence-corrected chi connectivity index (χ0v) is 10.7. The lowest BCUT2D eigenvalue weighted by Gasteiger charge is -2.26. The summed E-state index contributed by atoms with van der Waals surface area (Å²) >= 11 is 2.89. The molecule has 0 atom stereocenters. The van der Waals surface area contributed by atoms with E-state index in [0.29, 0.717) is 0 Å². The summed E-state index contributed by atoms with van der Waals surface area (Å²) in [5, 5.41) is 2.79. The normalized spacial score (nSPS) is 15.5. The van der Waals surface area contributed by atoms with Gasteiger partial charge in [-0.05, 0) is 47.3 Å².